The van der Waals surface area contributed by atoms with Crippen molar-refractivity contribution in [1.29, 1.82) is 0 Å². The summed E-state index contributed by atoms with van der Waals surface area (Å²) in [5, 5.41) is 13.6. The Morgan fingerprint density at radius 2 is 1.92 bits per heavy atom. The highest BCUT2D eigenvalue weighted by Gasteiger charge is 2.36. The molecular weight excluding hydrogens is 829 g/mol. The molecule has 10 rings (SSSR count). The summed E-state index contributed by atoms with van der Waals surface area (Å²) in [5.41, 5.74) is 1.21. The van der Waals surface area contributed by atoms with Gasteiger partial charge in [-0.15, -0.1) is 0 Å². The van der Waals surface area contributed by atoms with E-state index in [4.69, 9.17) is 14.5 Å². The molecule has 2 atom stereocenters. The first-order chi connectivity index (χ1) is 30.9. The third-order valence-electron chi connectivity index (χ3n) is 13.6. The summed E-state index contributed by atoms with van der Waals surface area (Å²) in [5.74, 6) is 6.96. The van der Waals surface area contributed by atoms with Crippen LogP contribution in [0.2, 0.25) is 0 Å². The van der Waals surface area contributed by atoms with Gasteiger partial charge in [0, 0.05) is 45.5 Å². The molecule has 0 radical (unpaired) electrons. The molecule has 0 spiro atoms. The first-order valence-electron chi connectivity index (χ1n) is 21.9. The van der Waals surface area contributed by atoms with Crippen molar-refractivity contribution in [1.82, 2.24) is 43.7 Å². The molecule has 19 heteroatoms. The average Bonchev–Trinajstić information content (AvgIpc) is 4.14. The van der Waals surface area contributed by atoms with Gasteiger partial charge < -0.3 is 24.6 Å². The largest absolute Gasteiger partial charge is 0.494 e. The van der Waals surface area contributed by atoms with Crippen molar-refractivity contribution in [2.75, 3.05) is 49.6 Å². The van der Waals surface area contributed by atoms with E-state index in [1.165, 1.54) is 26.0 Å². The van der Waals surface area contributed by atoms with Crippen LogP contribution in [0.1, 0.15) is 98.4 Å². The zero-order valence-corrected chi connectivity index (χ0v) is 35.6. The minimum atomic E-state index is -2.87. The first kappa shape index (κ1) is 41.6. The number of alkyl halides is 2. The number of nitrogens with zero attached hydrogens (tertiary/aromatic N) is 9. The Kier molecular flexibility index (Phi) is 10.8. The van der Waals surface area contributed by atoms with Crippen LogP contribution in [0.3, 0.4) is 0 Å². The number of ether oxygens (including phenoxy) is 2. The van der Waals surface area contributed by atoms with Crippen LogP contribution in [-0.2, 0) is 26.1 Å². The number of carbonyl (C=O) groups is 3. The molecule has 17 nitrogen and oxygen atoms in total. The van der Waals surface area contributed by atoms with Gasteiger partial charge in [-0.05, 0) is 82.1 Å². The fourth-order valence-corrected chi connectivity index (χ4v) is 9.96. The molecule has 3 fully saturated rings. The average molecular weight is 878 g/mol. The number of rotatable bonds is 10. The lowest BCUT2D eigenvalue weighted by Gasteiger charge is -2.41. The Morgan fingerprint density at radius 3 is 2.66 bits per heavy atom. The summed E-state index contributed by atoms with van der Waals surface area (Å²) in [6.45, 7) is 6.20. The fourth-order valence-electron chi connectivity index (χ4n) is 9.96. The maximum absolute atomic E-state index is 14.3. The van der Waals surface area contributed by atoms with E-state index in [2.05, 4.69) is 55.5 Å². The van der Waals surface area contributed by atoms with E-state index in [1.807, 2.05) is 18.2 Å². The van der Waals surface area contributed by atoms with Crippen LogP contribution in [0.15, 0.2) is 59.5 Å². The minimum absolute atomic E-state index is 0.0202. The monoisotopic (exact) mass is 877 g/mol. The number of imidazole rings is 1. The molecule has 4 aromatic heterocycles. The number of aromatic nitrogens is 7. The van der Waals surface area contributed by atoms with E-state index < -0.39 is 30.0 Å². The molecule has 8 heterocycles. The van der Waals surface area contributed by atoms with Crippen LogP contribution in [0.5, 0.6) is 0 Å². The minimum Gasteiger partial charge on any atom is -0.494 e. The Labute approximate surface area is 366 Å². The van der Waals surface area contributed by atoms with Crippen LogP contribution in [0.4, 0.5) is 20.3 Å². The number of morpholine rings is 1. The number of aryl methyl sites for hydroxylation is 1. The van der Waals surface area contributed by atoms with Gasteiger partial charge in [-0.25, -0.2) is 23.1 Å². The van der Waals surface area contributed by atoms with Gasteiger partial charge in [-0.3, -0.25) is 33.5 Å². The number of hydrogen-bond acceptors (Lipinski definition) is 11. The molecular formula is C45H49F2N11O6. The van der Waals surface area contributed by atoms with Gasteiger partial charge in [-0.2, -0.15) is 10.2 Å². The van der Waals surface area contributed by atoms with Crippen molar-refractivity contribution >= 4 is 45.9 Å². The maximum Gasteiger partial charge on any atom is 0.329 e. The number of amides is 3. The van der Waals surface area contributed by atoms with Crippen LogP contribution >= 0.6 is 0 Å². The number of fused-ring (bicyclic) bond motifs is 3. The van der Waals surface area contributed by atoms with Gasteiger partial charge in [0.1, 0.15) is 36.4 Å². The van der Waals surface area contributed by atoms with Gasteiger partial charge in [0.2, 0.25) is 11.8 Å². The number of para-hydroxylation sites is 1. The van der Waals surface area contributed by atoms with E-state index in [0.29, 0.717) is 47.1 Å². The van der Waals surface area contributed by atoms with E-state index in [-0.39, 0.29) is 60.0 Å². The molecule has 1 saturated carbocycles. The second-order valence-electron chi connectivity index (χ2n) is 17.8. The number of imide groups is 1. The lowest BCUT2D eigenvalue weighted by Crippen LogP contribution is -2.46. The van der Waals surface area contributed by atoms with Gasteiger partial charge >= 0.3 is 5.69 Å². The number of likely N-dealkylation sites (tertiary alicyclic amines) is 1. The summed E-state index contributed by atoms with van der Waals surface area (Å²) in [4.78, 5) is 60.4. The number of nitrogens with one attached hydrogen (secondary N) is 2. The third kappa shape index (κ3) is 7.82. The predicted octanol–water partition coefficient (Wildman–Crippen LogP) is 4.50. The Bertz CT molecular complexity index is 2820. The molecule has 3 amide bonds. The number of benzene rings is 1. The highest BCUT2D eigenvalue weighted by Crippen LogP contribution is 2.37. The Hall–Kier alpha value is -6.39. The van der Waals surface area contributed by atoms with Gasteiger partial charge in [-0.1, -0.05) is 17.9 Å². The Morgan fingerprint density at radius 1 is 1.11 bits per heavy atom. The highest BCUT2D eigenvalue weighted by molar-refractivity contribution is 6.08. The third-order valence-corrected chi connectivity index (χ3v) is 13.6. The zero-order chi connectivity index (χ0) is 44.3. The second kappa shape index (κ2) is 16.6. The summed E-state index contributed by atoms with van der Waals surface area (Å²) in [6.07, 6.45) is 9.41. The lowest BCUT2D eigenvalue weighted by molar-refractivity contribution is -0.135. The number of hydrogen-bond donors (Lipinski definition) is 2. The number of carbonyl (C=O) groups excluding carboxylic acids is 3. The SMILES string of the molecule is Cn1c(=O)n(C2CCC(=O)NC2=O)c2cccc(C#CCOC3(C)CCN(CC4CCC(n5cc(NC(=O)c6cnn7ccc(N8CC9=C[C@@H]8CO9)nc67)c(C(F)F)n5)CC4)CC3)c21. The van der Waals surface area contributed by atoms with Crippen molar-refractivity contribution in [2.24, 2.45) is 13.0 Å². The topological polar surface area (TPSA) is 175 Å². The van der Waals surface area contributed by atoms with Crippen molar-refractivity contribution in [3.63, 3.8) is 0 Å². The van der Waals surface area contributed by atoms with E-state index in [1.54, 1.807) is 24.0 Å². The van der Waals surface area contributed by atoms with Gasteiger partial charge in [0.05, 0.1) is 52.7 Å². The number of piperidine rings is 2. The second-order valence-corrected chi connectivity index (χ2v) is 17.8. The van der Waals surface area contributed by atoms with E-state index in [0.717, 1.165) is 63.9 Å². The summed E-state index contributed by atoms with van der Waals surface area (Å²) in [7, 11) is 1.66. The molecule has 1 aromatic carbocycles. The molecule has 5 aliphatic rings. The molecule has 334 valence electrons. The molecule has 2 saturated heterocycles. The smallest absolute Gasteiger partial charge is 0.329 e. The lowest BCUT2D eigenvalue weighted by atomic mass is 9.85. The van der Waals surface area contributed by atoms with Crippen LogP contribution in [-0.4, -0.2) is 107 Å². The van der Waals surface area contributed by atoms with Crippen LogP contribution in [0, 0.1) is 17.8 Å². The van der Waals surface area contributed by atoms with Gasteiger partial charge in [0.25, 0.3) is 12.3 Å². The fraction of sp³-hybridized carbons (Fsp3) is 0.489. The van der Waals surface area contributed by atoms with Crippen LogP contribution < -0.4 is 21.2 Å². The zero-order valence-electron chi connectivity index (χ0n) is 35.6. The highest BCUT2D eigenvalue weighted by atomic mass is 19.3. The number of halogens is 2. The molecule has 5 aromatic rings. The van der Waals surface area contributed by atoms with Crippen molar-refractivity contribution in [3.8, 4) is 11.8 Å². The summed E-state index contributed by atoms with van der Waals surface area (Å²) < 4.78 is 46.6. The quantitative estimate of drug-likeness (QED) is 0.149. The first-order valence-corrected chi connectivity index (χ1v) is 21.9. The van der Waals surface area contributed by atoms with E-state index >= 15 is 0 Å². The van der Waals surface area contributed by atoms with Crippen molar-refractivity contribution in [3.05, 3.63) is 82.0 Å². The molecule has 2 N–H and O–H groups in total. The maximum atomic E-state index is 14.3. The van der Waals surface area contributed by atoms with E-state index in [9.17, 15) is 28.0 Å². The predicted molar refractivity (Wildman–Crippen MR) is 230 cm³/mol. The number of anilines is 2. The molecule has 1 aliphatic carbocycles. The Balaban J connectivity index is 0.711. The summed E-state index contributed by atoms with van der Waals surface area (Å²) >= 11 is 0. The molecule has 1 unspecified atom stereocenters. The van der Waals surface area contributed by atoms with Gasteiger partial charge in [0.15, 0.2) is 11.3 Å². The van der Waals surface area contributed by atoms with Crippen LogP contribution in [0.25, 0.3) is 16.7 Å². The molecule has 64 heavy (non-hydrogen) atoms. The van der Waals surface area contributed by atoms with Crippen molar-refractivity contribution < 1.29 is 32.6 Å². The van der Waals surface area contributed by atoms with Crippen molar-refractivity contribution in [2.45, 2.75) is 88.4 Å². The molecule has 2 bridgehead atoms. The normalized spacial score (nSPS) is 23.3. The standard InChI is InChI=1S/C45H49F2N11O6/c1-45(64-20-4-6-28-5-3-7-34-39(28)53(2)44(62)58(34)35-12-13-37(59)51-43(35)61)15-18-54(19-16-45)23-27-8-10-29(11-9-27)57-25-33(38(52-57)40(46)47)49-42(60)32-22-48-56-17-14-36(50-41(32)56)55-24-31-21-30(55)26-63-31/h3,5,7,14,17,21-22,25,27,29-30,35,40H,8-13,15-16,18-20,23-24,26H2,1-2H3,(H,49,60)(H,51,59,61)/t27?,29?,30-,35?/m1/s1. The molecule has 4 aliphatic heterocycles. The summed E-state index contributed by atoms with van der Waals surface area (Å²) in [6, 6.07) is 6.52.